The second-order valence-corrected chi connectivity index (χ2v) is 13.3. The molecule has 6 rings (SSSR count). The predicted octanol–water partition coefficient (Wildman–Crippen LogP) is 5.88. The van der Waals surface area contributed by atoms with Crippen molar-refractivity contribution in [2.24, 2.45) is 16.8 Å². The maximum absolute atomic E-state index is 15.1. The van der Waals surface area contributed by atoms with Gasteiger partial charge < -0.3 is 5.43 Å². The number of benzene rings is 1. The Hall–Kier alpha value is -3.47. The van der Waals surface area contributed by atoms with Crippen LogP contribution in [0.4, 0.5) is 14.6 Å². The van der Waals surface area contributed by atoms with Gasteiger partial charge in [0.25, 0.3) is 0 Å². The number of hydrogen-bond donors (Lipinski definition) is 2. The SMILES string of the molecule is CC.CC.Cc1ccc(F)c(C2=CC3=C(NN2C)[C@@]2(c4cccc(N5CN=C(CCS(C)(=O)=O)N5)n4)CC[C@@H]3C2C)c1F. The molecule has 1 aromatic heterocycles. The fraction of sp³-hybridized carbons (Fsp3) is 0.500. The van der Waals surface area contributed by atoms with Gasteiger partial charge in [0, 0.05) is 25.4 Å². The predicted molar refractivity (Wildman–Crippen MR) is 170 cm³/mol. The van der Waals surface area contributed by atoms with E-state index in [1.54, 1.807) is 19.0 Å². The summed E-state index contributed by atoms with van der Waals surface area (Å²) in [6.45, 7) is 12.2. The third kappa shape index (κ3) is 5.75. The van der Waals surface area contributed by atoms with Gasteiger partial charge in [-0.25, -0.2) is 32.2 Å². The van der Waals surface area contributed by atoms with E-state index in [0.29, 0.717) is 36.0 Å². The van der Waals surface area contributed by atoms with Crippen molar-refractivity contribution in [1.29, 1.82) is 0 Å². The Morgan fingerprint density at radius 2 is 1.81 bits per heavy atom. The number of rotatable bonds is 6. The number of aromatic nitrogens is 1. The zero-order chi connectivity index (χ0) is 31.7. The third-order valence-electron chi connectivity index (χ3n) is 8.68. The molecule has 2 bridgehead atoms. The number of aliphatic imine (C=N–C) groups is 1. The van der Waals surface area contributed by atoms with Crippen LogP contribution in [0.15, 0.2) is 52.7 Å². The topological polar surface area (TPSA) is 89.9 Å². The molecule has 43 heavy (non-hydrogen) atoms. The van der Waals surface area contributed by atoms with Crippen LogP contribution in [0, 0.1) is 30.4 Å². The molecule has 3 heterocycles. The van der Waals surface area contributed by atoms with Gasteiger partial charge in [-0.15, -0.1) is 0 Å². The lowest BCUT2D eigenvalue weighted by molar-refractivity contribution is 0.305. The molecule has 8 nitrogen and oxygen atoms in total. The van der Waals surface area contributed by atoms with E-state index in [-0.39, 0.29) is 28.6 Å². The minimum atomic E-state index is -3.09. The number of hydrogen-bond acceptors (Lipinski definition) is 8. The average Bonchev–Trinajstić information content (AvgIpc) is 3.67. The number of nitrogens with zero attached hydrogens (tertiary/aromatic N) is 4. The number of pyridine rings is 1. The van der Waals surface area contributed by atoms with Crippen LogP contribution in [-0.2, 0) is 15.3 Å². The number of anilines is 1. The Morgan fingerprint density at radius 3 is 2.51 bits per heavy atom. The lowest BCUT2D eigenvalue weighted by Gasteiger charge is -2.40. The first-order chi connectivity index (χ1) is 20.5. The van der Waals surface area contributed by atoms with Gasteiger partial charge in [-0.3, -0.25) is 10.4 Å². The van der Waals surface area contributed by atoms with Crippen LogP contribution < -0.4 is 15.9 Å². The van der Waals surface area contributed by atoms with Crippen LogP contribution in [-0.4, -0.2) is 50.0 Å². The molecule has 2 N–H and O–H groups in total. The second-order valence-electron chi connectivity index (χ2n) is 11.0. The first-order valence-electron chi connectivity index (χ1n) is 15.1. The third-order valence-corrected chi connectivity index (χ3v) is 9.63. The standard InChI is InChI=1S/C28H32F2N6O2S.2C2H6/c1-16-8-9-20(29)25(26(16)30)21-14-19-18-10-12-28(17(18)2,27(19)34-35(21)3)22-6-5-7-24(32-22)36-15-31-23(33-36)11-13-39(4,37)38;2*1-2/h5-9,14,17-18,34H,10-13,15H2,1-4H3,(H,31,33);2*1-2H3/t17?,18-,28+;;/m1../s1. The number of sulfone groups is 1. The van der Waals surface area contributed by atoms with E-state index in [2.05, 4.69) is 22.8 Å². The minimum Gasteiger partial charge on any atom is -0.301 e. The number of amidine groups is 1. The summed E-state index contributed by atoms with van der Waals surface area (Å²) in [6, 6.07) is 8.70. The summed E-state index contributed by atoms with van der Waals surface area (Å²) >= 11 is 0. The molecule has 1 unspecified atom stereocenters. The molecule has 0 saturated heterocycles. The van der Waals surface area contributed by atoms with Gasteiger partial charge in [-0.2, -0.15) is 0 Å². The summed E-state index contributed by atoms with van der Waals surface area (Å²) in [5.41, 5.74) is 10.2. The smallest absolute Gasteiger partial charge is 0.149 e. The van der Waals surface area contributed by atoms with Gasteiger partial charge in [0.2, 0.25) is 0 Å². The first kappa shape index (κ1) is 32.4. The fourth-order valence-corrected chi connectivity index (χ4v) is 7.18. The van der Waals surface area contributed by atoms with E-state index in [0.717, 1.165) is 29.8 Å². The summed E-state index contributed by atoms with van der Waals surface area (Å²) in [6.07, 6.45) is 5.35. The number of fused-ring (bicyclic) bond motifs is 4. The molecule has 4 aliphatic rings. The van der Waals surface area contributed by atoms with Crippen molar-refractivity contribution in [1.82, 2.24) is 20.8 Å². The number of nitrogens with one attached hydrogen (secondary N) is 2. The van der Waals surface area contributed by atoms with E-state index in [4.69, 9.17) is 4.98 Å². The van der Waals surface area contributed by atoms with Gasteiger partial charge in [-0.1, -0.05) is 46.8 Å². The highest BCUT2D eigenvalue weighted by Gasteiger charge is 2.59. The number of aryl methyl sites for hydroxylation is 1. The molecule has 11 heteroatoms. The van der Waals surface area contributed by atoms with Crippen molar-refractivity contribution in [2.45, 2.75) is 66.2 Å². The van der Waals surface area contributed by atoms with Crippen molar-refractivity contribution in [3.63, 3.8) is 0 Å². The monoisotopic (exact) mass is 614 g/mol. The van der Waals surface area contributed by atoms with Crippen LogP contribution >= 0.6 is 0 Å². The molecular weight excluding hydrogens is 570 g/mol. The highest BCUT2D eigenvalue weighted by molar-refractivity contribution is 7.90. The number of halogens is 2. The van der Waals surface area contributed by atoms with Gasteiger partial charge >= 0.3 is 0 Å². The van der Waals surface area contributed by atoms with Crippen LogP contribution in [0.5, 0.6) is 0 Å². The molecule has 234 valence electrons. The maximum Gasteiger partial charge on any atom is 0.149 e. The van der Waals surface area contributed by atoms with Gasteiger partial charge in [0.1, 0.15) is 39.8 Å². The molecule has 0 amide bonds. The van der Waals surface area contributed by atoms with E-state index in [9.17, 15) is 12.8 Å². The summed E-state index contributed by atoms with van der Waals surface area (Å²) in [7, 11) is -1.30. The van der Waals surface area contributed by atoms with Gasteiger partial charge in [-0.05, 0) is 67.0 Å². The van der Waals surface area contributed by atoms with Crippen molar-refractivity contribution in [3.8, 4) is 0 Å². The van der Waals surface area contributed by atoms with Crippen LogP contribution in [0.2, 0.25) is 0 Å². The van der Waals surface area contributed by atoms with Crippen LogP contribution in [0.3, 0.4) is 0 Å². The quantitative estimate of drug-likeness (QED) is 0.420. The lowest BCUT2D eigenvalue weighted by Crippen LogP contribution is -2.45. The van der Waals surface area contributed by atoms with Crippen molar-refractivity contribution in [3.05, 3.63) is 76.1 Å². The van der Waals surface area contributed by atoms with E-state index in [1.807, 2.05) is 57.0 Å². The Labute approximate surface area is 254 Å². The summed E-state index contributed by atoms with van der Waals surface area (Å²) in [5, 5.41) is 3.53. The zero-order valence-corrected chi connectivity index (χ0v) is 27.2. The highest BCUT2D eigenvalue weighted by atomic mass is 32.2. The Kier molecular flexibility index (Phi) is 9.54. The van der Waals surface area contributed by atoms with E-state index < -0.39 is 21.5 Å². The number of hydrazine groups is 2. The van der Waals surface area contributed by atoms with Crippen molar-refractivity contribution in [2.75, 3.05) is 30.7 Å². The summed E-state index contributed by atoms with van der Waals surface area (Å²) in [4.78, 5) is 9.52. The zero-order valence-electron chi connectivity index (χ0n) is 26.4. The molecule has 2 aliphatic carbocycles. The molecule has 0 spiro atoms. The molecule has 1 fully saturated rings. The molecule has 2 aromatic rings. The van der Waals surface area contributed by atoms with Gasteiger partial charge in [0.05, 0.1) is 28.1 Å². The van der Waals surface area contributed by atoms with Crippen LogP contribution in [0.1, 0.15) is 70.7 Å². The van der Waals surface area contributed by atoms with E-state index >= 15 is 4.39 Å². The molecule has 3 atom stereocenters. The Morgan fingerprint density at radius 1 is 1.09 bits per heavy atom. The minimum absolute atomic E-state index is 0.0204. The normalized spacial score (nSPS) is 23.8. The second kappa shape index (κ2) is 12.6. The summed E-state index contributed by atoms with van der Waals surface area (Å²) < 4.78 is 53.1. The highest BCUT2D eigenvalue weighted by Crippen LogP contribution is 2.62. The Bertz CT molecular complexity index is 1570. The lowest BCUT2D eigenvalue weighted by atomic mass is 9.75. The molecular formula is C32H44F2N6O2S. The van der Waals surface area contributed by atoms with Crippen molar-refractivity contribution >= 4 is 27.2 Å². The van der Waals surface area contributed by atoms with Crippen LogP contribution in [0.25, 0.3) is 5.70 Å². The van der Waals surface area contributed by atoms with Gasteiger partial charge in [0.15, 0.2) is 0 Å². The fourth-order valence-electron chi connectivity index (χ4n) is 6.61. The Balaban J connectivity index is 0.00000102. The molecule has 1 saturated carbocycles. The maximum atomic E-state index is 15.1. The van der Waals surface area contributed by atoms with E-state index in [1.165, 1.54) is 18.4 Å². The molecule has 0 radical (unpaired) electrons. The average molecular weight is 615 g/mol. The number of allylic oxidation sites excluding steroid dienone is 3. The summed E-state index contributed by atoms with van der Waals surface area (Å²) in [5.74, 6) is 0.706. The first-order valence-corrected chi connectivity index (χ1v) is 17.2. The molecule has 1 aromatic carbocycles. The molecule has 2 aliphatic heterocycles. The largest absolute Gasteiger partial charge is 0.301 e. The van der Waals surface area contributed by atoms with Crippen molar-refractivity contribution < 1.29 is 17.2 Å².